The highest BCUT2D eigenvalue weighted by Crippen LogP contribution is 2.48. The van der Waals surface area contributed by atoms with Crippen LogP contribution in [0.2, 0.25) is 0 Å². The third kappa shape index (κ3) is 4.55. The minimum absolute atomic E-state index is 0.912. The van der Waals surface area contributed by atoms with E-state index in [1.54, 1.807) is 0 Å². The first-order valence-corrected chi connectivity index (χ1v) is 19.3. The van der Waals surface area contributed by atoms with Gasteiger partial charge in [-0.05, 0) is 111 Å². The monoisotopic (exact) mass is 709 g/mol. The average molecular weight is 710 g/mol. The SMILES string of the molecule is [CH]1C=Cc2c1c1ccc(-c3ccccc3-c3c4ccccc4c(-c4cccc(-c5cccc6c5oc5ccccc56)c4)c4ccccc34)cc1c1ccccc21. The Kier molecular flexibility index (Phi) is 6.76. The molecule has 1 heteroatoms. The van der Waals surface area contributed by atoms with Crippen molar-refractivity contribution in [2.45, 2.75) is 0 Å². The quantitative estimate of drug-likeness (QED) is 0.131. The summed E-state index contributed by atoms with van der Waals surface area (Å²) < 4.78 is 6.50. The molecule has 1 aliphatic carbocycles. The Morgan fingerprint density at radius 2 is 0.857 bits per heavy atom. The Morgan fingerprint density at radius 3 is 1.64 bits per heavy atom. The van der Waals surface area contributed by atoms with Crippen LogP contribution in [-0.4, -0.2) is 0 Å². The number of furan rings is 1. The van der Waals surface area contributed by atoms with E-state index in [2.05, 4.69) is 194 Å². The van der Waals surface area contributed by atoms with Crippen molar-refractivity contribution < 1.29 is 4.42 Å². The predicted octanol–water partition coefficient (Wildman–Crippen LogP) is 15.4. The van der Waals surface area contributed by atoms with Crippen LogP contribution in [0.25, 0.3) is 116 Å². The smallest absolute Gasteiger partial charge is 0.143 e. The van der Waals surface area contributed by atoms with Crippen molar-refractivity contribution in [1.29, 1.82) is 0 Å². The van der Waals surface area contributed by atoms with E-state index in [9.17, 15) is 0 Å². The maximum Gasteiger partial charge on any atom is 0.143 e. The summed E-state index contributed by atoms with van der Waals surface area (Å²) in [5.41, 5.74) is 14.1. The van der Waals surface area contributed by atoms with Crippen LogP contribution >= 0.6 is 0 Å². The summed E-state index contributed by atoms with van der Waals surface area (Å²) in [7, 11) is 0. The predicted molar refractivity (Wildman–Crippen MR) is 238 cm³/mol. The van der Waals surface area contributed by atoms with E-state index in [1.807, 2.05) is 6.07 Å². The number of hydrogen-bond acceptors (Lipinski definition) is 1. The van der Waals surface area contributed by atoms with Crippen LogP contribution in [0.5, 0.6) is 0 Å². The van der Waals surface area contributed by atoms with Gasteiger partial charge in [-0.2, -0.15) is 0 Å². The maximum absolute atomic E-state index is 6.50. The zero-order valence-corrected chi connectivity index (χ0v) is 30.5. The summed E-state index contributed by atoms with van der Waals surface area (Å²) in [5, 5.41) is 12.4. The van der Waals surface area contributed by atoms with Crippen LogP contribution in [0, 0.1) is 6.42 Å². The highest BCUT2D eigenvalue weighted by molar-refractivity contribution is 6.23. The normalized spacial score (nSPS) is 12.5. The Labute approximate surface area is 324 Å². The van der Waals surface area contributed by atoms with Gasteiger partial charge in [0.05, 0.1) is 0 Å². The van der Waals surface area contributed by atoms with Crippen LogP contribution < -0.4 is 0 Å². The number of fused-ring (bicyclic) bond motifs is 11. The van der Waals surface area contributed by atoms with Crippen LogP contribution in [-0.2, 0) is 0 Å². The summed E-state index contributed by atoms with van der Waals surface area (Å²) in [5.74, 6) is 0. The van der Waals surface area contributed by atoms with Gasteiger partial charge >= 0.3 is 0 Å². The van der Waals surface area contributed by atoms with Gasteiger partial charge in [-0.25, -0.2) is 0 Å². The molecule has 12 rings (SSSR count). The summed E-state index contributed by atoms with van der Waals surface area (Å²) in [4.78, 5) is 0. The number of allylic oxidation sites excluding steroid dienone is 1. The molecule has 10 aromatic carbocycles. The molecule has 0 bridgehead atoms. The number of hydrogen-bond donors (Lipinski definition) is 0. The van der Waals surface area contributed by atoms with Crippen molar-refractivity contribution in [2.75, 3.05) is 0 Å². The molecule has 1 radical (unpaired) electrons. The van der Waals surface area contributed by atoms with E-state index in [0.717, 1.165) is 33.1 Å². The molecule has 1 heterocycles. The molecule has 0 saturated heterocycles. The molecule has 0 aliphatic heterocycles. The van der Waals surface area contributed by atoms with Gasteiger partial charge in [-0.15, -0.1) is 0 Å². The molecule has 56 heavy (non-hydrogen) atoms. The molecule has 0 unspecified atom stereocenters. The van der Waals surface area contributed by atoms with Crippen LogP contribution in [0.1, 0.15) is 11.1 Å². The highest BCUT2D eigenvalue weighted by Gasteiger charge is 2.21. The van der Waals surface area contributed by atoms with Crippen molar-refractivity contribution >= 4 is 71.1 Å². The van der Waals surface area contributed by atoms with E-state index in [0.29, 0.717) is 0 Å². The Bertz CT molecular complexity index is 3390. The van der Waals surface area contributed by atoms with Crippen molar-refractivity contribution in [1.82, 2.24) is 0 Å². The fraction of sp³-hybridized carbons (Fsp3) is 0. The lowest BCUT2D eigenvalue weighted by Gasteiger charge is -2.20. The fourth-order valence-electron chi connectivity index (χ4n) is 9.51. The molecule has 0 atom stereocenters. The van der Waals surface area contributed by atoms with Gasteiger partial charge in [0, 0.05) is 22.8 Å². The summed E-state index contributed by atoms with van der Waals surface area (Å²) in [6.07, 6.45) is 6.68. The van der Waals surface area contributed by atoms with Crippen LogP contribution in [0.3, 0.4) is 0 Å². The first-order valence-electron chi connectivity index (χ1n) is 19.3. The van der Waals surface area contributed by atoms with E-state index in [4.69, 9.17) is 4.42 Å². The summed E-state index contributed by atoms with van der Waals surface area (Å²) in [6.45, 7) is 0. The van der Waals surface area contributed by atoms with Crippen molar-refractivity contribution in [3.63, 3.8) is 0 Å². The van der Waals surface area contributed by atoms with E-state index in [1.165, 1.54) is 87.6 Å². The molecule has 0 N–H and O–H groups in total. The highest BCUT2D eigenvalue weighted by atomic mass is 16.3. The molecule has 1 aliphatic rings. The molecular formula is C55H33O. The Morgan fingerprint density at radius 1 is 0.304 bits per heavy atom. The second-order valence-corrected chi connectivity index (χ2v) is 14.9. The van der Waals surface area contributed by atoms with Crippen molar-refractivity contribution in [3.8, 4) is 44.5 Å². The molecule has 259 valence electrons. The van der Waals surface area contributed by atoms with E-state index < -0.39 is 0 Å². The topological polar surface area (TPSA) is 13.1 Å². The molecule has 1 nitrogen and oxygen atoms in total. The molecule has 0 amide bonds. The first-order chi connectivity index (χ1) is 27.8. The number of rotatable bonds is 4. The van der Waals surface area contributed by atoms with Crippen LogP contribution in [0.15, 0.2) is 192 Å². The van der Waals surface area contributed by atoms with Gasteiger partial charge in [-0.3, -0.25) is 0 Å². The molecule has 0 spiro atoms. The number of para-hydroxylation sites is 2. The lowest BCUT2D eigenvalue weighted by atomic mass is 9.83. The lowest BCUT2D eigenvalue weighted by molar-refractivity contribution is 0.670. The van der Waals surface area contributed by atoms with Gasteiger partial charge in [0.1, 0.15) is 11.2 Å². The third-order valence-electron chi connectivity index (χ3n) is 11.9. The van der Waals surface area contributed by atoms with E-state index >= 15 is 0 Å². The second-order valence-electron chi connectivity index (χ2n) is 14.9. The summed E-state index contributed by atoms with van der Waals surface area (Å²) >= 11 is 0. The van der Waals surface area contributed by atoms with Crippen LogP contribution in [0.4, 0.5) is 0 Å². The van der Waals surface area contributed by atoms with Gasteiger partial charge < -0.3 is 4.42 Å². The third-order valence-corrected chi connectivity index (χ3v) is 11.9. The largest absolute Gasteiger partial charge is 0.455 e. The van der Waals surface area contributed by atoms with Gasteiger partial charge in [-0.1, -0.05) is 176 Å². The van der Waals surface area contributed by atoms with Gasteiger partial charge in [0.2, 0.25) is 0 Å². The lowest BCUT2D eigenvalue weighted by Crippen LogP contribution is -1.93. The average Bonchev–Trinajstić information content (AvgIpc) is 3.92. The molecule has 0 saturated carbocycles. The molecule has 0 fully saturated rings. The van der Waals surface area contributed by atoms with Gasteiger partial charge in [0.25, 0.3) is 0 Å². The zero-order valence-electron chi connectivity index (χ0n) is 30.5. The van der Waals surface area contributed by atoms with Crippen molar-refractivity contribution in [3.05, 3.63) is 206 Å². The van der Waals surface area contributed by atoms with Gasteiger partial charge in [0.15, 0.2) is 0 Å². The Hall–Kier alpha value is -7.22. The first kappa shape index (κ1) is 31.2. The van der Waals surface area contributed by atoms with E-state index in [-0.39, 0.29) is 0 Å². The molecular weight excluding hydrogens is 677 g/mol. The minimum atomic E-state index is 0.912. The number of benzene rings is 10. The molecule has 1 aromatic heterocycles. The maximum atomic E-state index is 6.50. The molecule has 11 aromatic rings. The standard InChI is InChI=1S/C55H33O/c1-4-20-45(37(16-1)35-30-31-43-41-27-13-26-40(41)39-17-2-3-18-42(39)51(43)33-35)54-48-23-7-5-21-46(48)53(47-22-6-8-24-49(47)54)36-15-11-14-34(32-36)38-25-12-28-50-44-19-9-10-29-52(44)56-55(38)50/h1-33H. The van der Waals surface area contributed by atoms with Crippen molar-refractivity contribution in [2.24, 2.45) is 0 Å². The summed E-state index contributed by atoms with van der Waals surface area (Å²) in [6, 6.07) is 66.5. The fourth-order valence-corrected chi connectivity index (χ4v) is 9.51. The Balaban J connectivity index is 1.08. The zero-order chi connectivity index (χ0) is 36.7. The second kappa shape index (κ2) is 12.1. The minimum Gasteiger partial charge on any atom is -0.455 e.